The Bertz CT molecular complexity index is 1240. The normalized spacial score (nSPS) is 12.0. The minimum atomic E-state index is -0.761. The molecule has 2 heterocycles. The number of rotatable bonds is 7. The van der Waals surface area contributed by atoms with Crippen molar-refractivity contribution in [2.75, 3.05) is 0 Å². The number of benzene rings is 2. The van der Waals surface area contributed by atoms with Gasteiger partial charge in [-0.1, -0.05) is 42.5 Å². The van der Waals surface area contributed by atoms with Crippen LogP contribution in [0.1, 0.15) is 25.1 Å². The predicted molar refractivity (Wildman–Crippen MR) is 122 cm³/mol. The molecule has 0 radical (unpaired) electrons. The molecule has 6 nitrogen and oxygen atoms in total. The third-order valence-electron chi connectivity index (χ3n) is 5.28. The summed E-state index contributed by atoms with van der Waals surface area (Å²) in [5.74, 6) is -0.234. The fraction of sp³-hybridized carbons (Fsp3) is 0.240. The summed E-state index contributed by atoms with van der Waals surface area (Å²) in [4.78, 5) is 17.2. The number of carbonyl (C=O) groups excluding carboxylic acids is 1. The van der Waals surface area contributed by atoms with Gasteiger partial charge in [0.15, 0.2) is 11.8 Å². The van der Waals surface area contributed by atoms with Crippen LogP contribution in [0.5, 0.6) is 5.88 Å². The summed E-state index contributed by atoms with van der Waals surface area (Å²) in [5.41, 5.74) is 4.41. The van der Waals surface area contributed by atoms with E-state index in [1.165, 1.54) is 12.1 Å². The van der Waals surface area contributed by atoms with Crippen LogP contribution in [0.4, 0.5) is 4.39 Å². The average Bonchev–Trinajstić information content (AvgIpc) is 3.14. The fourth-order valence-electron chi connectivity index (χ4n) is 3.63. The number of hydrogen-bond acceptors (Lipinski definition) is 4. The smallest absolute Gasteiger partial charge is 0.261 e. The highest BCUT2D eigenvalue weighted by atomic mass is 19.1. The van der Waals surface area contributed by atoms with Crippen LogP contribution in [-0.4, -0.2) is 26.8 Å². The summed E-state index contributed by atoms with van der Waals surface area (Å²) >= 11 is 0. The summed E-state index contributed by atoms with van der Waals surface area (Å²) < 4.78 is 20.8. The molecule has 164 valence electrons. The van der Waals surface area contributed by atoms with Crippen molar-refractivity contribution in [3.05, 3.63) is 77.7 Å². The molecule has 2 aromatic heterocycles. The number of fused-ring (bicyclic) bond motifs is 1. The number of nitrogens with zero attached hydrogens (tertiary/aromatic N) is 3. The largest absolute Gasteiger partial charge is 0.464 e. The molecule has 32 heavy (non-hydrogen) atoms. The second kappa shape index (κ2) is 9.18. The minimum Gasteiger partial charge on any atom is -0.464 e. The lowest BCUT2D eigenvalue weighted by atomic mass is 10.0. The third kappa shape index (κ3) is 4.46. The maximum Gasteiger partial charge on any atom is 0.261 e. The molecule has 0 saturated heterocycles. The van der Waals surface area contributed by atoms with Crippen LogP contribution < -0.4 is 10.1 Å². The van der Waals surface area contributed by atoms with Gasteiger partial charge in [-0.15, -0.1) is 0 Å². The maximum absolute atomic E-state index is 13.1. The Morgan fingerprint density at radius 2 is 1.88 bits per heavy atom. The van der Waals surface area contributed by atoms with E-state index in [9.17, 15) is 9.18 Å². The Morgan fingerprint density at radius 1 is 1.16 bits per heavy atom. The van der Waals surface area contributed by atoms with E-state index < -0.39 is 6.10 Å². The minimum absolute atomic E-state index is 0.280. The lowest BCUT2D eigenvalue weighted by molar-refractivity contribution is -0.127. The second-order valence-corrected chi connectivity index (χ2v) is 7.58. The number of carbonyl (C=O) groups is 1. The Hall–Kier alpha value is -3.74. The standard InChI is InChI=1S/C25H25FN4O2/c1-4-30-24-23(16(2)29-30)21(19-8-6-5-7-9-19)14-22(28-24)32-17(3)25(31)27-15-18-10-12-20(26)13-11-18/h5-14,17H,4,15H2,1-3H3,(H,27,31). The first kappa shape index (κ1) is 21.5. The van der Waals surface area contributed by atoms with E-state index in [4.69, 9.17) is 4.74 Å². The van der Waals surface area contributed by atoms with Gasteiger partial charge in [-0.3, -0.25) is 4.79 Å². The van der Waals surface area contributed by atoms with E-state index in [-0.39, 0.29) is 18.3 Å². The lowest BCUT2D eigenvalue weighted by Gasteiger charge is -2.15. The van der Waals surface area contributed by atoms with Crippen molar-refractivity contribution in [1.82, 2.24) is 20.1 Å². The molecule has 0 bridgehead atoms. The van der Waals surface area contributed by atoms with Crippen LogP contribution in [0.25, 0.3) is 22.2 Å². The molecule has 1 N–H and O–H groups in total. The molecule has 7 heteroatoms. The van der Waals surface area contributed by atoms with E-state index >= 15 is 0 Å². The van der Waals surface area contributed by atoms with Crippen molar-refractivity contribution >= 4 is 16.9 Å². The van der Waals surface area contributed by atoms with Gasteiger partial charge in [0.05, 0.1) is 11.1 Å². The molecule has 4 aromatic rings. The van der Waals surface area contributed by atoms with E-state index in [1.807, 2.05) is 54.9 Å². The summed E-state index contributed by atoms with van der Waals surface area (Å²) in [5, 5.41) is 8.40. The molecule has 0 spiro atoms. The molecule has 1 atom stereocenters. The summed E-state index contributed by atoms with van der Waals surface area (Å²) in [7, 11) is 0. The highest BCUT2D eigenvalue weighted by Gasteiger charge is 2.20. The predicted octanol–water partition coefficient (Wildman–Crippen LogP) is 4.65. The van der Waals surface area contributed by atoms with Gasteiger partial charge in [0.2, 0.25) is 5.88 Å². The first-order valence-electron chi connectivity index (χ1n) is 10.6. The van der Waals surface area contributed by atoms with Crippen LogP contribution in [0.15, 0.2) is 60.7 Å². The molecule has 0 aliphatic rings. The summed E-state index contributed by atoms with van der Waals surface area (Å²) in [6, 6.07) is 17.8. The Morgan fingerprint density at radius 3 is 2.56 bits per heavy atom. The van der Waals surface area contributed by atoms with Crippen molar-refractivity contribution in [1.29, 1.82) is 0 Å². The topological polar surface area (TPSA) is 69.0 Å². The van der Waals surface area contributed by atoms with E-state index in [0.29, 0.717) is 12.4 Å². The molecule has 0 saturated carbocycles. The monoisotopic (exact) mass is 432 g/mol. The van der Waals surface area contributed by atoms with Crippen LogP contribution >= 0.6 is 0 Å². The van der Waals surface area contributed by atoms with Gasteiger partial charge < -0.3 is 10.1 Å². The highest BCUT2D eigenvalue weighted by molar-refractivity contribution is 5.95. The van der Waals surface area contributed by atoms with Crippen molar-refractivity contribution in [2.24, 2.45) is 0 Å². The van der Waals surface area contributed by atoms with Crippen LogP contribution in [0.2, 0.25) is 0 Å². The van der Waals surface area contributed by atoms with Gasteiger partial charge >= 0.3 is 0 Å². The molecule has 1 amide bonds. The third-order valence-corrected chi connectivity index (χ3v) is 5.28. The quantitative estimate of drug-likeness (QED) is 0.462. The molecule has 0 aliphatic carbocycles. The first-order valence-corrected chi connectivity index (χ1v) is 10.6. The number of halogens is 1. The number of ether oxygens (including phenoxy) is 1. The van der Waals surface area contributed by atoms with Crippen molar-refractivity contribution in [3.63, 3.8) is 0 Å². The van der Waals surface area contributed by atoms with E-state index in [0.717, 1.165) is 33.4 Å². The van der Waals surface area contributed by atoms with E-state index in [1.54, 1.807) is 19.1 Å². The van der Waals surface area contributed by atoms with Crippen molar-refractivity contribution in [2.45, 2.75) is 40.0 Å². The fourth-order valence-corrected chi connectivity index (χ4v) is 3.63. The van der Waals surface area contributed by atoms with Gasteiger partial charge in [-0.2, -0.15) is 10.1 Å². The maximum atomic E-state index is 13.1. The summed E-state index contributed by atoms with van der Waals surface area (Å²) in [6.07, 6.45) is -0.761. The van der Waals surface area contributed by atoms with Gasteiger partial charge in [0.25, 0.3) is 5.91 Å². The number of aromatic nitrogens is 3. The highest BCUT2D eigenvalue weighted by Crippen LogP contribution is 2.33. The molecular formula is C25H25FN4O2. The number of nitrogens with one attached hydrogen (secondary N) is 1. The van der Waals surface area contributed by atoms with Crippen molar-refractivity contribution < 1.29 is 13.9 Å². The Kier molecular flexibility index (Phi) is 6.16. The molecule has 4 rings (SSSR count). The Labute approximate surface area is 186 Å². The van der Waals surface area contributed by atoms with Gasteiger partial charge in [0.1, 0.15) is 5.82 Å². The zero-order valence-electron chi connectivity index (χ0n) is 18.3. The van der Waals surface area contributed by atoms with E-state index in [2.05, 4.69) is 15.4 Å². The zero-order valence-corrected chi connectivity index (χ0v) is 18.3. The van der Waals surface area contributed by atoms with Gasteiger partial charge in [0, 0.05) is 19.2 Å². The van der Waals surface area contributed by atoms with Crippen LogP contribution in [0.3, 0.4) is 0 Å². The SMILES string of the molecule is CCn1nc(C)c2c(-c3ccccc3)cc(OC(C)C(=O)NCc3ccc(F)cc3)nc21. The average molecular weight is 432 g/mol. The molecule has 2 aromatic carbocycles. The molecular weight excluding hydrogens is 407 g/mol. The van der Waals surface area contributed by atoms with Crippen LogP contribution in [-0.2, 0) is 17.9 Å². The molecule has 0 aliphatic heterocycles. The number of pyridine rings is 1. The zero-order chi connectivity index (χ0) is 22.7. The number of aryl methyl sites for hydroxylation is 2. The number of amides is 1. The lowest BCUT2D eigenvalue weighted by Crippen LogP contribution is -2.36. The van der Waals surface area contributed by atoms with Gasteiger partial charge in [-0.05, 0) is 49.6 Å². The van der Waals surface area contributed by atoms with Crippen LogP contribution in [0, 0.1) is 12.7 Å². The second-order valence-electron chi connectivity index (χ2n) is 7.58. The molecule has 0 fully saturated rings. The number of hydrogen-bond donors (Lipinski definition) is 1. The Balaban J connectivity index is 1.59. The summed E-state index contributed by atoms with van der Waals surface area (Å²) in [6.45, 7) is 6.61. The van der Waals surface area contributed by atoms with Gasteiger partial charge in [-0.25, -0.2) is 9.07 Å². The first-order chi connectivity index (χ1) is 15.5. The molecule has 1 unspecified atom stereocenters. The van der Waals surface area contributed by atoms with Crippen molar-refractivity contribution in [3.8, 4) is 17.0 Å².